The van der Waals surface area contributed by atoms with Gasteiger partial charge in [-0.25, -0.2) is 9.18 Å². The molecule has 0 heterocycles. The fraction of sp³-hybridized carbons (Fsp3) is 0.250. The van der Waals surface area contributed by atoms with E-state index in [-0.39, 0.29) is 18.1 Å². The molecule has 7 nitrogen and oxygen atoms in total. The SMILES string of the molecule is NC(=O)c1ccc(CNC(=O)C[C@H](N)Cc2ccccc2F)cc1.O=C(O)C(F)(F)F. The number of hydrogen-bond donors (Lipinski definition) is 4. The minimum absolute atomic E-state index is 0.105. The van der Waals surface area contributed by atoms with E-state index < -0.39 is 24.1 Å². The zero-order chi connectivity index (χ0) is 23.6. The number of halogens is 4. The van der Waals surface area contributed by atoms with Gasteiger partial charge in [0.05, 0.1) is 0 Å². The molecule has 0 aliphatic carbocycles. The van der Waals surface area contributed by atoms with Gasteiger partial charge < -0.3 is 21.9 Å². The normalized spacial score (nSPS) is 11.6. The van der Waals surface area contributed by atoms with Crippen molar-refractivity contribution in [2.24, 2.45) is 11.5 Å². The second kappa shape index (κ2) is 11.6. The summed E-state index contributed by atoms with van der Waals surface area (Å²) in [7, 11) is 0. The second-order valence-electron chi connectivity index (χ2n) is 6.40. The van der Waals surface area contributed by atoms with Crippen LogP contribution in [0, 0.1) is 5.82 Å². The van der Waals surface area contributed by atoms with Crippen molar-refractivity contribution in [3.8, 4) is 0 Å². The van der Waals surface area contributed by atoms with Gasteiger partial charge in [-0.15, -0.1) is 0 Å². The van der Waals surface area contributed by atoms with E-state index in [1.54, 1.807) is 42.5 Å². The molecule has 11 heteroatoms. The molecule has 2 aromatic rings. The molecular weight excluding hydrogens is 422 g/mol. The first-order valence-corrected chi connectivity index (χ1v) is 8.84. The number of amides is 2. The average molecular weight is 443 g/mol. The molecule has 0 aliphatic heterocycles. The number of nitrogens with two attached hydrogens (primary N) is 2. The molecule has 0 aliphatic rings. The zero-order valence-corrected chi connectivity index (χ0v) is 16.2. The molecule has 0 unspecified atom stereocenters. The fourth-order valence-corrected chi connectivity index (χ4v) is 2.32. The molecule has 0 fully saturated rings. The van der Waals surface area contributed by atoms with E-state index >= 15 is 0 Å². The van der Waals surface area contributed by atoms with Gasteiger partial charge in [-0.2, -0.15) is 13.2 Å². The Labute approximate surface area is 175 Å². The summed E-state index contributed by atoms with van der Waals surface area (Å²) in [6.45, 7) is 0.324. The van der Waals surface area contributed by atoms with Crippen molar-refractivity contribution in [3.05, 3.63) is 71.0 Å². The first kappa shape index (κ1) is 25.6. The highest BCUT2D eigenvalue weighted by Gasteiger charge is 2.38. The summed E-state index contributed by atoms with van der Waals surface area (Å²) in [6.07, 6.45) is -4.68. The van der Waals surface area contributed by atoms with E-state index in [1.165, 1.54) is 6.07 Å². The van der Waals surface area contributed by atoms with Crippen LogP contribution in [0.15, 0.2) is 48.5 Å². The summed E-state index contributed by atoms with van der Waals surface area (Å²) in [4.78, 5) is 31.8. The monoisotopic (exact) mass is 443 g/mol. The summed E-state index contributed by atoms with van der Waals surface area (Å²) in [6, 6.07) is 12.6. The predicted molar refractivity (Wildman–Crippen MR) is 103 cm³/mol. The van der Waals surface area contributed by atoms with Gasteiger partial charge >= 0.3 is 12.1 Å². The number of hydrogen-bond acceptors (Lipinski definition) is 4. The van der Waals surface area contributed by atoms with E-state index in [9.17, 15) is 27.2 Å². The Bertz CT molecular complexity index is 902. The maximum atomic E-state index is 13.6. The van der Waals surface area contributed by atoms with Crippen LogP contribution in [0.25, 0.3) is 0 Å². The summed E-state index contributed by atoms with van der Waals surface area (Å²) in [5.74, 6) is -3.78. The Balaban J connectivity index is 0.000000592. The average Bonchev–Trinajstić information content (AvgIpc) is 2.68. The van der Waals surface area contributed by atoms with Gasteiger partial charge in [0.1, 0.15) is 5.82 Å². The third kappa shape index (κ3) is 9.72. The van der Waals surface area contributed by atoms with Gasteiger partial charge in [0, 0.05) is 24.6 Å². The number of carbonyl (C=O) groups is 3. The summed E-state index contributed by atoms with van der Waals surface area (Å²) in [5, 5.41) is 9.88. The van der Waals surface area contributed by atoms with Gasteiger partial charge in [0.15, 0.2) is 0 Å². The first-order valence-electron chi connectivity index (χ1n) is 8.84. The molecule has 2 rings (SSSR count). The Hall–Kier alpha value is -3.47. The lowest BCUT2D eigenvalue weighted by Crippen LogP contribution is -2.33. The van der Waals surface area contributed by atoms with Crippen molar-refractivity contribution >= 4 is 17.8 Å². The number of nitrogens with one attached hydrogen (secondary N) is 1. The molecule has 2 amide bonds. The van der Waals surface area contributed by atoms with E-state index in [2.05, 4.69) is 5.32 Å². The summed E-state index contributed by atoms with van der Waals surface area (Å²) < 4.78 is 45.3. The molecule has 0 radical (unpaired) electrons. The van der Waals surface area contributed by atoms with Gasteiger partial charge in [0.2, 0.25) is 11.8 Å². The molecule has 168 valence electrons. The maximum Gasteiger partial charge on any atom is 0.490 e. The van der Waals surface area contributed by atoms with Gasteiger partial charge in [-0.1, -0.05) is 30.3 Å². The number of primary amides is 1. The molecule has 0 saturated carbocycles. The lowest BCUT2D eigenvalue weighted by atomic mass is 10.0. The van der Waals surface area contributed by atoms with E-state index in [1.807, 2.05) is 0 Å². The first-order chi connectivity index (χ1) is 14.4. The lowest BCUT2D eigenvalue weighted by molar-refractivity contribution is -0.192. The smallest absolute Gasteiger partial charge is 0.475 e. The van der Waals surface area contributed by atoms with Crippen molar-refractivity contribution in [2.45, 2.75) is 31.6 Å². The molecule has 2 aromatic carbocycles. The Morgan fingerprint density at radius 1 is 1.03 bits per heavy atom. The zero-order valence-electron chi connectivity index (χ0n) is 16.2. The standard InChI is InChI=1S/C18H20FN3O2.C2HF3O2/c19-16-4-2-1-3-14(16)9-15(20)10-17(23)22-11-12-5-7-13(8-6-12)18(21)24;3-2(4,5)1(6)7/h1-8,15H,9-11,20H2,(H2,21,24)(H,22,23);(H,6,7)/t15-;/m1./s1. The van der Waals surface area contributed by atoms with Crippen molar-refractivity contribution in [1.82, 2.24) is 5.32 Å². The molecule has 31 heavy (non-hydrogen) atoms. The van der Waals surface area contributed by atoms with Gasteiger partial charge in [-0.05, 0) is 35.7 Å². The van der Waals surface area contributed by atoms with Crippen molar-refractivity contribution in [2.75, 3.05) is 0 Å². The van der Waals surface area contributed by atoms with Crippen LogP contribution in [0.5, 0.6) is 0 Å². The minimum Gasteiger partial charge on any atom is -0.475 e. The summed E-state index contributed by atoms with van der Waals surface area (Å²) >= 11 is 0. The number of carboxylic acids is 1. The van der Waals surface area contributed by atoms with Crippen LogP contribution in [0.1, 0.15) is 27.9 Å². The van der Waals surface area contributed by atoms with Crippen molar-refractivity contribution < 1.29 is 37.1 Å². The van der Waals surface area contributed by atoms with Gasteiger partial charge in [0.25, 0.3) is 0 Å². The largest absolute Gasteiger partial charge is 0.490 e. The number of benzene rings is 2. The number of aliphatic carboxylic acids is 1. The second-order valence-corrected chi connectivity index (χ2v) is 6.40. The molecular formula is C20H21F4N3O4. The number of alkyl halides is 3. The topological polar surface area (TPSA) is 136 Å². The van der Waals surface area contributed by atoms with Crippen LogP contribution < -0.4 is 16.8 Å². The van der Waals surface area contributed by atoms with Gasteiger partial charge in [-0.3, -0.25) is 9.59 Å². The third-order valence-electron chi connectivity index (χ3n) is 3.86. The Morgan fingerprint density at radius 3 is 2.06 bits per heavy atom. The summed E-state index contributed by atoms with van der Waals surface area (Å²) in [5.41, 5.74) is 12.8. The Morgan fingerprint density at radius 2 is 1.58 bits per heavy atom. The van der Waals surface area contributed by atoms with Crippen LogP contribution in [0.3, 0.4) is 0 Å². The quantitative estimate of drug-likeness (QED) is 0.486. The molecule has 0 saturated heterocycles. The molecule has 0 spiro atoms. The molecule has 6 N–H and O–H groups in total. The highest BCUT2D eigenvalue weighted by Crippen LogP contribution is 2.13. The molecule has 0 bridgehead atoms. The molecule has 1 atom stereocenters. The highest BCUT2D eigenvalue weighted by molar-refractivity contribution is 5.92. The van der Waals surface area contributed by atoms with Crippen LogP contribution in [0.2, 0.25) is 0 Å². The van der Waals surface area contributed by atoms with Crippen LogP contribution in [-0.4, -0.2) is 35.1 Å². The number of rotatable bonds is 7. The van der Waals surface area contributed by atoms with E-state index in [0.717, 1.165) is 5.56 Å². The Kier molecular flexibility index (Phi) is 9.61. The maximum absolute atomic E-state index is 13.6. The van der Waals surface area contributed by atoms with Crippen molar-refractivity contribution in [1.29, 1.82) is 0 Å². The van der Waals surface area contributed by atoms with E-state index in [4.69, 9.17) is 21.4 Å². The van der Waals surface area contributed by atoms with Crippen LogP contribution in [0.4, 0.5) is 17.6 Å². The highest BCUT2D eigenvalue weighted by atomic mass is 19.4. The third-order valence-corrected chi connectivity index (χ3v) is 3.86. The lowest BCUT2D eigenvalue weighted by Gasteiger charge is -2.12. The minimum atomic E-state index is -5.08. The number of carbonyl (C=O) groups excluding carboxylic acids is 2. The van der Waals surface area contributed by atoms with Crippen molar-refractivity contribution in [3.63, 3.8) is 0 Å². The molecule has 0 aromatic heterocycles. The predicted octanol–water partition coefficient (Wildman–Crippen LogP) is 2.13. The number of carboxylic acid groups (broad SMARTS) is 1. The fourth-order valence-electron chi connectivity index (χ4n) is 2.32. The van der Waals surface area contributed by atoms with E-state index in [0.29, 0.717) is 24.1 Å². The van der Waals surface area contributed by atoms with Crippen LogP contribution in [-0.2, 0) is 22.6 Å². The van der Waals surface area contributed by atoms with Crippen LogP contribution >= 0.6 is 0 Å².